The first kappa shape index (κ1) is 17.4. The fourth-order valence-corrected chi connectivity index (χ4v) is 2.43. The summed E-state index contributed by atoms with van der Waals surface area (Å²) in [6, 6.07) is 8.32. The van der Waals surface area contributed by atoms with E-state index in [1.165, 1.54) is 0 Å². The Balaban J connectivity index is 2.36. The number of alkyl carbamates (subject to hydrolysis) is 1. The summed E-state index contributed by atoms with van der Waals surface area (Å²) in [5.41, 5.74) is 0.856. The van der Waals surface area contributed by atoms with Crippen LogP contribution in [-0.4, -0.2) is 34.2 Å². The Hall–Kier alpha value is -1.69. The highest BCUT2D eigenvalue weighted by Crippen LogP contribution is 2.12. The standard InChI is InChI=1S/C15H21NO4S/c1-11(2)21-9-8-13(14(17)18)16-15(19)20-10-12-6-4-3-5-7-12/h3-7,11,13H,8-10H2,1-2H3,(H,16,19)(H,17,18). The van der Waals surface area contributed by atoms with E-state index in [9.17, 15) is 9.59 Å². The summed E-state index contributed by atoms with van der Waals surface area (Å²) in [6.07, 6.45) is -0.334. The van der Waals surface area contributed by atoms with Crippen molar-refractivity contribution in [2.75, 3.05) is 5.75 Å². The maximum absolute atomic E-state index is 11.6. The monoisotopic (exact) mass is 311 g/mol. The third-order valence-electron chi connectivity index (χ3n) is 2.66. The van der Waals surface area contributed by atoms with Gasteiger partial charge in [0.2, 0.25) is 0 Å². The number of amides is 1. The number of carboxylic acids is 1. The van der Waals surface area contributed by atoms with Gasteiger partial charge >= 0.3 is 12.1 Å². The van der Waals surface area contributed by atoms with E-state index in [0.29, 0.717) is 17.4 Å². The van der Waals surface area contributed by atoms with Crippen molar-refractivity contribution in [2.24, 2.45) is 0 Å². The highest BCUT2D eigenvalue weighted by molar-refractivity contribution is 7.99. The van der Waals surface area contributed by atoms with Gasteiger partial charge in [-0.1, -0.05) is 44.2 Å². The summed E-state index contributed by atoms with van der Waals surface area (Å²) in [5.74, 6) is -0.371. The molecule has 1 aromatic rings. The summed E-state index contributed by atoms with van der Waals surface area (Å²) in [6.45, 7) is 4.21. The van der Waals surface area contributed by atoms with Crippen LogP contribution in [0.3, 0.4) is 0 Å². The van der Waals surface area contributed by atoms with Gasteiger partial charge in [0, 0.05) is 0 Å². The number of carboxylic acid groups (broad SMARTS) is 1. The van der Waals surface area contributed by atoms with Gasteiger partial charge in [-0.2, -0.15) is 11.8 Å². The van der Waals surface area contributed by atoms with Gasteiger partial charge in [0.25, 0.3) is 0 Å². The predicted molar refractivity (Wildman–Crippen MR) is 83.4 cm³/mol. The minimum atomic E-state index is -1.05. The highest BCUT2D eigenvalue weighted by Gasteiger charge is 2.20. The van der Waals surface area contributed by atoms with Crippen LogP contribution in [-0.2, 0) is 16.1 Å². The smallest absolute Gasteiger partial charge is 0.408 e. The van der Waals surface area contributed by atoms with E-state index in [-0.39, 0.29) is 6.61 Å². The van der Waals surface area contributed by atoms with E-state index in [2.05, 4.69) is 5.32 Å². The van der Waals surface area contributed by atoms with Crippen LogP contribution in [0, 0.1) is 0 Å². The Morgan fingerprint density at radius 2 is 1.95 bits per heavy atom. The molecule has 21 heavy (non-hydrogen) atoms. The SMILES string of the molecule is CC(C)SCCC(NC(=O)OCc1ccccc1)C(=O)O. The first-order chi connectivity index (χ1) is 9.99. The van der Waals surface area contributed by atoms with Crippen LogP contribution < -0.4 is 5.32 Å². The maximum atomic E-state index is 11.6. The Kier molecular flexibility index (Phi) is 7.68. The van der Waals surface area contributed by atoms with Crippen molar-refractivity contribution in [3.63, 3.8) is 0 Å². The van der Waals surface area contributed by atoms with Crippen LogP contribution >= 0.6 is 11.8 Å². The average Bonchev–Trinajstić information content (AvgIpc) is 2.44. The second-order valence-electron chi connectivity index (χ2n) is 4.81. The number of rotatable bonds is 8. The molecule has 0 bridgehead atoms. The summed E-state index contributed by atoms with van der Waals surface area (Å²) in [4.78, 5) is 22.7. The summed E-state index contributed by atoms with van der Waals surface area (Å²) < 4.78 is 5.02. The number of benzene rings is 1. The lowest BCUT2D eigenvalue weighted by molar-refractivity contribution is -0.139. The molecular weight excluding hydrogens is 290 g/mol. The zero-order chi connectivity index (χ0) is 15.7. The van der Waals surface area contributed by atoms with Gasteiger partial charge in [0.15, 0.2) is 0 Å². The Morgan fingerprint density at radius 3 is 2.52 bits per heavy atom. The molecular formula is C15H21NO4S. The predicted octanol–water partition coefficient (Wildman–Crippen LogP) is 2.90. The van der Waals surface area contributed by atoms with Crippen molar-refractivity contribution >= 4 is 23.8 Å². The molecule has 0 heterocycles. The molecule has 1 atom stereocenters. The van der Waals surface area contributed by atoms with Crippen LogP contribution in [0.5, 0.6) is 0 Å². The molecule has 0 radical (unpaired) electrons. The molecule has 0 fully saturated rings. The number of carbonyl (C=O) groups excluding carboxylic acids is 1. The van der Waals surface area contributed by atoms with Gasteiger partial charge in [-0.15, -0.1) is 0 Å². The largest absolute Gasteiger partial charge is 0.480 e. The van der Waals surface area contributed by atoms with E-state index in [4.69, 9.17) is 9.84 Å². The van der Waals surface area contributed by atoms with Crippen molar-refractivity contribution < 1.29 is 19.4 Å². The molecule has 0 spiro atoms. The first-order valence-electron chi connectivity index (χ1n) is 6.80. The highest BCUT2D eigenvalue weighted by atomic mass is 32.2. The van der Waals surface area contributed by atoms with Crippen molar-refractivity contribution in [2.45, 2.75) is 38.2 Å². The second kappa shape index (κ2) is 9.28. The average molecular weight is 311 g/mol. The molecule has 116 valence electrons. The van der Waals surface area contributed by atoms with Crippen LogP contribution in [0.15, 0.2) is 30.3 Å². The van der Waals surface area contributed by atoms with Crippen molar-refractivity contribution in [1.29, 1.82) is 0 Å². The molecule has 0 aliphatic heterocycles. The zero-order valence-electron chi connectivity index (χ0n) is 12.2. The molecule has 1 amide bonds. The number of aliphatic carboxylic acids is 1. The minimum Gasteiger partial charge on any atom is -0.480 e. The third kappa shape index (κ3) is 7.60. The lowest BCUT2D eigenvalue weighted by Gasteiger charge is -2.15. The lowest BCUT2D eigenvalue weighted by atomic mass is 10.2. The fourth-order valence-electron chi connectivity index (χ4n) is 1.59. The lowest BCUT2D eigenvalue weighted by Crippen LogP contribution is -2.41. The number of thioether (sulfide) groups is 1. The Morgan fingerprint density at radius 1 is 1.29 bits per heavy atom. The van der Waals surface area contributed by atoms with Gasteiger partial charge in [0.05, 0.1) is 0 Å². The topological polar surface area (TPSA) is 75.6 Å². The van der Waals surface area contributed by atoms with Crippen LogP contribution in [0.1, 0.15) is 25.8 Å². The van der Waals surface area contributed by atoms with Crippen LogP contribution in [0.25, 0.3) is 0 Å². The molecule has 1 aromatic carbocycles. The molecule has 1 unspecified atom stereocenters. The molecule has 6 heteroatoms. The van der Waals surface area contributed by atoms with Gasteiger partial charge in [0.1, 0.15) is 12.6 Å². The molecule has 0 aliphatic rings. The number of hydrogen-bond acceptors (Lipinski definition) is 4. The number of nitrogens with one attached hydrogen (secondary N) is 1. The molecule has 0 saturated heterocycles. The summed E-state index contributed by atoms with van der Waals surface area (Å²) >= 11 is 1.66. The maximum Gasteiger partial charge on any atom is 0.408 e. The second-order valence-corrected chi connectivity index (χ2v) is 6.49. The number of hydrogen-bond donors (Lipinski definition) is 2. The fraction of sp³-hybridized carbons (Fsp3) is 0.467. The minimum absolute atomic E-state index is 0.125. The van der Waals surface area contributed by atoms with E-state index in [0.717, 1.165) is 5.56 Å². The van der Waals surface area contributed by atoms with Gasteiger partial charge in [-0.3, -0.25) is 0 Å². The molecule has 1 rings (SSSR count). The summed E-state index contributed by atoms with van der Waals surface area (Å²) in [7, 11) is 0. The van der Waals surface area contributed by atoms with E-state index in [1.54, 1.807) is 11.8 Å². The molecule has 0 aliphatic carbocycles. The zero-order valence-corrected chi connectivity index (χ0v) is 13.1. The van der Waals surface area contributed by atoms with E-state index >= 15 is 0 Å². The third-order valence-corrected chi connectivity index (χ3v) is 3.80. The first-order valence-corrected chi connectivity index (χ1v) is 7.85. The van der Waals surface area contributed by atoms with E-state index in [1.807, 2.05) is 44.2 Å². The van der Waals surface area contributed by atoms with Crippen molar-refractivity contribution in [3.8, 4) is 0 Å². The number of carbonyl (C=O) groups is 2. The van der Waals surface area contributed by atoms with Gasteiger partial charge in [-0.25, -0.2) is 9.59 Å². The van der Waals surface area contributed by atoms with Gasteiger partial charge in [-0.05, 0) is 23.0 Å². The van der Waals surface area contributed by atoms with Crippen molar-refractivity contribution in [1.82, 2.24) is 5.32 Å². The molecule has 2 N–H and O–H groups in total. The van der Waals surface area contributed by atoms with Crippen molar-refractivity contribution in [3.05, 3.63) is 35.9 Å². The molecule has 0 saturated carbocycles. The quantitative estimate of drug-likeness (QED) is 0.772. The van der Waals surface area contributed by atoms with E-state index < -0.39 is 18.1 Å². The number of ether oxygens (including phenoxy) is 1. The van der Waals surface area contributed by atoms with Crippen LogP contribution in [0.2, 0.25) is 0 Å². The normalized spacial score (nSPS) is 12.0. The summed E-state index contributed by atoms with van der Waals surface area (Å²) in [5, 5.41) is 11.9. The van der Waals surface area contributed by atoms with Gasteiger partial charge < -0.3 is 15.2 Å². The Bertz CT molecular complexity index is 450. The Labute approximate surface area is 129 Å². The molecule has 0 aromatic heterocycles. The molecule has 5 nitrogen and oxygen atoms in total. The van der Waals surface area contributed by atoms with Crippen LogP contribution in [0.4, 0.5) is 4.79 Å².